The van der Waals surface area contributed by atoms with Crippen LogP contribution in [0.25, 0.3) is 0 Å². The second-order valence-corrected chi connectivity index (χ2v) is 18.8. The van der Waals surface area contributed by atoms with Crippen LogP contribution in [0.1, 0.15) is 52.0 Å². The van der Waals surface area contributed by atoms with Gasteiger partial charge in [0.25, 0.3) is 11.8 Å². The molecule has 2 amide bonds. The number of carbonyl (C=O) groups excluding carboxylic acids is 2. The molecule has 4 aromatic carbocycles. The van der Waals surface area contributed by atoms with Gasteiger partial charge in [0.1, 0.15) is 5.75 Å². The summed E-state index contributed by atoms with van der Waals surface area (Å²) >= 11 is 6.57. The van der Waals surface area contributed by atoms with Gasteiger partial charge in [-0.15, -0.1) is 5.10 Å². The first kappa shape index (κ1) is 37.4. The maximum absolute atomic E-state index is 16.4. The van der Waals surface area contributed by atoms with Crippen molar-refractivity contribution >= 4 is 43.2 Å². The quantitative estimate of drug-likeness (QED) is 0.0986. The Morgan fingerprint density at radius 2 is 1.80 bits per heavy atom. The van der Waals surface area contributed by atoms with E-state index in [9.17, 15) is 14.7 Å². The van der Waals surface area contributed by atoms with Gasteiger partial charge < -0.3 is 28.9 Å². The highest BCUT2D eigenvalue weighted by atomic mass is 35.5. The molecular weight excluding hydrogens is 725 g/mol. The minimum absolute atomic E-state index is 0.121. The van der Waals surface area contributed by atoms with Crippen LogP contribution in [-0.4, -0.2) is 60.1 Å². The number of ether oxygens (including phenoxy) is 2. The first-order chi connectivity index (χ1) is 25.9. The number of aliphatic hydroxyl groups excluding tert-OH is 1. The summed E-state index contributed by atoms with van der Waals surface area (Å²) in [5.41, 5.74) is 2.88. The molecule has 10 nitrogen and oxygen atoms in total. The van der Waals surface area contributed by atoms with Gasteiger partial charge in [0.05, 0.1) is 43.7 Å². The fourth-order valence-corrected chi connectivity index (χ4v) is 10.9. The first-order valence-corrected chi connectivity index (χ1v) is 21.3. The molecule has 1 fully saturated rings. The lowest BCUT2D eigenvalue weighted by molar-refractivity contribution is -0.146. The van der Waals surface area contributed by atoms with Gasteiger partial charge in [0, 0.05) is 46.0 Å². The molecular formula is C41H43ClFN5O5Si. The Labute approximate surface area is 320 Å². The van der Waals surface area contributed by atoms with Crippen LogP contribution in [0, 0.1) is 5.92 Å². The monoisotopic (exact) mass is 767 g/mol. The number of carbonyl (C=O) groups is 2. The zero-order chi connectivity index (χ0) is 38.2. The molecule has 0 radical (unpaired) electrons. The van der Waals surface area contributed by atoms with Gasteiger partial charge in [-0.2, -0.15) is 0 Å². The molecule has 7 rings (SSSR count). The Bertz CT molecular complexity index is 2130. The molecule has 1 unspecified atom stereocenters. The lowest BCUT2D eigenvalue weighted by atomic mass is 9.82. The fraction of sp³-hybridized carbons (Fsp3) is 0.317. The predicted molar refractivity (Wildman–Crippen MR) is 208 cm³/mol. The van der Waals surface area contributed by atoms with E-state index in [1.165, 1.54) is 0 Å². The SMILES string of the molecule is COc1ccc(C(=O)Nc2ccc(CN3C(=O)[C@@]4(O[C@@H](CCn5cc(C(CO)c6ccccc6)nn5)[C@H]([Si](C)(C)F)[C@H]4C)c4cc(Cl)ccc43)cc2)cc1. The molecule has 2 N–H and O–H groups in total. The summed E-state index contributed by atoms with van der Waals surface area (Å²) in [6, 6.07) is 29.2. The smallest absolute Gasteiger partial charge is 0.264 e. The molecule has 1 saturated heterocycles. The second-order valence-electron chi connectivity index (χ2n) is 14.5. The van der Waals surface area contributed by atoms with E-state index in [-0.39, 0.29) is 30.9 Å². The molecule has 2 aliphatic rings. The second kappa shape index (κ2) is 15.1. The topological polar surface area (TPSA) is 119 Å². The molecule has 1 aromatic heterocycles. The van der Waals surface area contributed by atoms with Gasteiger partial charge in [-0.05, 0) is 85.2 Å². The Morgan fingerprint density at radius 1 is 1.07 bits per heavy atom. The summed E-state index contributed by atoms with van der Waals surface area (Å²) in [4.78, 5) is 29.3. The van der Waals surface area contributed by atoms with Gasteiger partial charge >= 0.3 is 0 Å². The van der Waals surface area contributed by atoms with Crippen molar-refractivity contribution < 1.29 is 28.3 Å². The van der Waals surface area contributed by atoms with Crippen molar-refractivity contribution in [3.63, 3.8) is 0 Å². The van der Waals surface area contributed by atoms with Crippen molar-refractivity contribution in [2.24, 2.45) is 5.92 Å². The number of benzene rings is 4. The standard InChI is InChI=1S/C41H43ClFN5O5Si/c1-26-38(54(3,4)43)37(20-21-47-24-35(45-46-47)33(25-49)28-8-6-5-7-9-28)53-41(26)34-22-30(42)14-19-36(34)48(40(41)51)23-27-10-15-31(16-11-27)44-39(50)29-12-17-32(52-2)18-13-29/h5-19,22,24,26,33,37-38,49H,20-21,23,25H2,1-4H3,(H,44,50)/t26-,33?,37+,38-,41+/m1/s1. The van der Waals surface area contributed by atoms with Gasteiger partial charge in [-0.25, -0.2) is 0 Å². The highest BCUT2D eigenvalue weighted by molar-refractivity contribution is 6.72. The molecule has 3 heterocycles. The molecule has 5 aromatic rings. The fourth-order valence-electron chi connectivity index (χ4n) is 8.16. The summed E-state index contributed by atoms with van der Waals surface area (Å²) in [6.45, 7) is 5.77. The van der Waals surface area contributed by atoms with E-state index in [0.717, 1.165) is 11.1 Å². The molecule has 280 valence electrons. The molecule has 54 heavy (non-hydrogen) atoms. The van der Waals surface area contributed by atoms with Gasteiger partial charge in [0.2, 0.25) is 8.41 Å². The van der Waals surface area contributed by atoms with Crippen LogP contribution in [0.2, 0.25) is 23.7 Å². The molecule has 1 spiro atoms. The zero-order valence-electron chi connectivity index (χ0n) is 30.6. The lowest BCUT2D eigenvalue weighted by Crippen LogP contribution is -2.45. The molecule has 2 aliphatic heterocycles. The van der Waals surface area contributed by atoms with Gasteiger partial charge in [-0.1, -0.05) is 66.2 Å². The van der Waals surface area contributed by atoms with Crippen molar-refractivity contribution in [2.45, 2.75) is 62.7 Å². The summed E-state index contributed by atoms with van der Waals surface area (Å²) < 4.78 is 30.2. The highest BCUT2D eigenvalue weighted by Crippen LogP contribution is 2.60. The number of aromatic nitrogens is 3. The third-order valence-corrected chi connectivity index (χ3v) is 13.5. The van der Waals surface area contributed by atoms with E-state index in [1.54, 1.807) is 78.3 Å². The number of hydrogen-bond acceptors (Lipinski definition) is 7. The summed E-state index contributed by atoms with van der Waals surface area (Å²) in [7, 11) is -1.83. The number of fused-ring (bicyclic) bond motifs is 2. The first-order valence-electron chi connectivity index (χ1n) is 18.0. The number of amides is 2. The molecule has 0 aliphatic carbocycles. The van der Waals surface area contributed by atoms with E-state index in [0.29, 0.717) is 51.9 Å². The number of rotatable bonds is 12. The van der Waals surface area contributed by atoms with Crippen LogP contribution in [0.4, 0.5) is 15.5 Å². The molecule has 0 saturated carbocycles. The third-order valence-electron chi connectivity index (χ3n) is 10.8. The third kappa shape index (κ3) is 7.06. The number of halogens is 2. The number of methoxy groups -OCH3 is 1. The molecule has 13 heteroatoms. The number of aryl methyl sites for hydroxylation is 1. The maximum Gasteiger partial charge on any atom is 0.264 e. The van der Waals surface area contributed by atoms with Crippen LogP contribution in [0.15, 0.2) is 103 Å². The van der Waals surface area contributed by atoms with Crippen LogP contribution < -0.4 is 15.0 Å². The van der Waals surface area contributed by atoms with E-state index in [1.807, 2.05) is 61.7 Å². The van der Waals surface area contributed by atoms with Crippen molar-refractivity contribution in [3.8, 4) is 5.75 Å². The largest absolute Gasteiger partial charge is 0.497 e. The lowest BCUT2D eigenvalue weighted by Gasteiger charge is -2.31. The maximum atomic E-state index is 16.4. The number of nitrogens with one attached hydrogen (secondary N) is 1. The average molecular weight is 768 g/mol. The Morgan fingerprint density at radius 3 is 2.46 bits per heavy atom. The number of nitrogens with zero attached hydrogens (tertiary/aromatic N) is 4. The van der Waals surface area contributed by atoms with E-state index < -0.39 is 31.6 Å². The van der Waals surface area contributed by atoms with Gasteiger partial charge in [-0.3, -0.25) is 14.3 Å². The van der Waals surface area contributed by atoms with Crippen molar-refractivity contribution in [1.82, 2.24) is 15.0 Å². The Hall–Kier alpha value is -4.88. The normalized spacial score (nSPS) is 21.4. The van der Waals surface area contributed by atoms with Crippen molar-refractivity contribution in [1.29, 1.82) is 0 Å². The Balaban J connectivity index is 1.11. The minimum Gasteiger partial charge on any atom is -0.497 e. The summed E-state index contributed by atoms with van der Waals surface area (Å²) in [5, 5.41) is 22.2. The van der Waals surface area contributed by atoms with Crippen LogP contribution >= 0.6 is 11.6 Å². The van der Waals surface area contributed by atoms with E-state index >= 15 is 4.11 Å². The van der Waals surface area contributed by atoms with Crippen molar-refractivity contribution in [2.75, 3.05) is 23.9 Å². The molecule has 5 atom stereocenters. The summed E-state index contributed by atoms with van der Waals surface area (Å²) in [5.74, 6) is -0.660. The van der Waals surface area contributed by atoms with Crippen LogP contribution in [-0.2, 0) is 28.2 Å². The highest BCUT2D eigenvalue weighted by Gasteiger charge is 2.66. The number of hydrogen-bond donors (Lipinski definition) is 2. The minimum atomic E-state index is -3.40. The Kier molecular flexibility index (Phi) is 10.5. The zero-order valence-corrected chi connectivity index (χ0v) is 32.3. The van der Waals surface area contributed by atoms with Crippen LogP contribution in [0.5, 0.6) is 5.75 Å². The molecule has 0 bridgehead atoms. The average Bonchev–Trinajstić information content (AvgIpc) is 3.82. The van der Waals surface area contributed by atoms with E-state index in [2.05, 4.69) is 15.6 Å². The van der Waals surface area contributed by atoms with Crippen LogP contribution in [0.3, 0.4) is 0 Å². The number of aliphatic hydroxyl groups is 1. The van der Waals surface area contributed by atoms with Gasteiger partial charge in [0.15, 0.2) is 5.60 Å². The van der Waals surface area contributed by atoms with Crippen molar-refractivity contribution in [3.05, 3.63) is 136 Å². The summed E-state index contributed by atoms with van der Waals surface area (Å²) in [6.07, 6.45) is 1.64. The number of anilines is 2. The van der Waals surface area contributed by atoms with E-state index in [4.69, 9.17) is 21.1 Å². The predicted octanol–water partition coefficient (Wildman–Crippen LogP) is 7.73.